The summed E-state index contributed by atoms with van der Waals surface area (Å²) in [5.41, 5.74) is 0.662. The molecule has 0 fully saturated rings. The van der Waals surface area contributed by atoms with Crippen molar-refractivity contribution in [3.8, 4) is 17.2 Å². The Morgan fingerprint density at radius 3 is 2.19 bits per heavy atom. The largest absolute Gasteiger partial charge is 0.497 e. The van der Waals surface area contributed by atoms with Crippen LogP contribution in [-0.4, -0.2) is 38.7 Å². The topological polar surface area (TPSA) is 71.1 Å². The molecule has 0 bridgehead atoms. The Labute approximate surface area is 152 Å². The van der Waals surface area contributed by atoms with Crippen molar-refractivity contribution < 1.29 is 28.5 Å². The minimum absolute atomic E-state index is 0.222. The minimum Gasteiger partial charge on any atom is -0.497 e. The van der Waals surface area contributed by atoms with Gasteiger partial charge in [-0.25, -0.2) is 4.79 Å². The lowest BCUT2D eigenvalue weighted by atomic mass is 10.1. The van der Waals surface area contributed by atoms with Crippen LogP contribution >= 0.6 is 0 Å². The quantitative estimate of drug-likeness (QED) is 0.531. The van der Waals surface area contributed by atoms with Gasteiger partial charge in [-0.05, 0) is 50.2 Å². The first kappa shape index (κ1) is 19.3. The average molecular weight is 358 g/mol. The van der Waals surface area contributed by atoms with Gasteiger partial charge in [-0.2, -0.15) is 0 Å². The van der Waals surface area contributed by atoms with Gasteiger partial charge < -0.3 is 18.9 Å². The lowest BCUT2D eigenvalue weighted by Crippen LogP contribution is -2.24. The van der Waals surface area contributed by atoms with Crippen molar-refractivity contribution in [3.05, 3.63) is 53.6 Å². The van der Waals surface area contributed by atoms with Gasteiger partial charge in [0.2, 0.25) is 5.78 Å². The van der Waals surface area contributed by atoms with Crippen molar-refractivity contribution in [1.29, 1.82) is 0 Å². The molecule has 0 aliphatic heterocycles. The number of carbonyl (C=O) groups excluding carboxylic acids is 2. The van der Waals surface area contributed by atoms with E-state index >= 15 is 0 Å². The average Bonchev–Trinajstić information content (AvgIpc) is 2.67. The fourth-order valence-corrected chi connectivity index (χ4v) is 2.36. The van der Waals surface area contributed by atoms with E-state index in [2.05, 4.69) is 0 Å². The van der Waals surface area contributed by atoms with E-state index in [9.17, 15) is 9.59 Å². The normalized spacial score (nSPS) is 11.4. The molecule has 0 saturated heterocycles. The molecule has 26 heavy (non-hydrogen) atoms. The molecule has 1 unspecified atom stereocenters. The Balaban J connectivity index is 2.09. The van der Waals surface area contributed by atoms with Gasteiger partial charge in [-0.3, -0.25) is 4.79 Å². The molecule has 0 heterocycles. The number of benzene rings is 2. The molecule has 138 valence electrons. The zero-order valence-electron chi connectivity index (χ0n) is 15.3. The lowest BCUT2D eigenvalue weighted by Gasteiger charge is -2.14. The van der Waals surface area contributed by atoms with Gasteiger partial charge in [-0.15, -0.1) is 0 Å². The standard InChI is InChI=1S/C20H22O6/c1-5-25-15-8-6-14(7-9-15)19(21)13(2)26-20(22)17-11-10-16(23-3)12-18(17)24-4/h6-13H,5H2,1-4H3. The van der Waals surface area contributed by atoms with E-state index < -0.39 is 12.1 Å². The molecule has 0 aliphatic rings. The smallest absolute Gasteiger partial charge is 0.342 e. The predicted molar refractivity (Wildman–Crippen MR) is 96.4 cm³/mol. The SMILES string of the molecule is CCOc1ccc(C(=O)C(C)OC(=O)c2ccc(OC)cc2OC)cc1. The first-order chi connectivity index (χ1) is 12.5. The Bertz CT molecular complexity index is 766. The van der Waals surface area contributed by atoms with Crippen molar-refractivity contribution in [2.75, 3.05) is 20.8 Å². The summed E-state index contributed by atoms with van der Waals surface area (Å²) in [5, 5.41) is 0. The number of carbonyl (C=O) groups is 2. The zero-order chi connectivity index (χ0) is 19.1. The minimum atomic E-state index is -0.938. The van der Waals surface area contributed by atoms with Crippen LogP contribution in [0.2, 0.25) is 0 Å². The molecule has 2 aromatic carbocycles. The fraction of sp³-hybridized carbons (Fsp3) is 0.300. The third-order valence-corrected chi connectivity index (χ3v) is 3.73. The van der Waals surface area contributed by atoms with Crippen LogP contribution in [0.3, 0.4) is 0 Å². The van der Waals surface area contributed by atoms with E-state index in [1.54, 1.807) is 36.4 Å². The monoisotopic (exact) mass is 358 g/mol. The predicted octanol–water partition coefficient (Wildman–Crippen LogP) is 3.53. The second kappa shape index (κ2) is 8.89. The number of rotatable bonds is 8. The molecule has 0 aromatic heterocycles. The summed E-state index contributed by atoms with van der Waals surface area (Å²) in [5.74, 6) is 0.605. The van der Waals surface area contributed by atoms with Crippen LogP contribution < -0.4 is 14.2 Å². The van der Waals surface area contributed by atoms with Crippen LogP contribution in [-0.2, 0) is 4.74 Å². The second-order valence-corrected chi connectivity index (χ2v) is 5.44. The highest BCUT2D eigenvalue weighted by Gasteiger charge is 2.22. The van der Waals surface area contributed by atoms with E-state index in [1.165, 1.54) is 27.2 Å². The van der Waals surface area contributed by atoms with Crippen LogP contribution in [0.1, 0.15) is 34.6 Å². The lowest BCUT2D eigenvalue weighted by molar-refractivity contribution is 0.0316. The number of hydrogen-bond acceptors (Lipinski definition) is 6. The molecule has 0 spiro atoms. The molecule has 1 atom stereocenters. The van der Waals surface area contributed by atoms with Gasteiger partial charge in [0.1, 0.15) is 22.8 Å². The summed E-state index contributed by atoms with van der Waals surface area (Å²) in [7, 11) is 2.96. The van der Waals surface area contributed by atoms with Gasteiger partial charge in [0.05, 0.1) is 20.8 Å². The maximum Gasteiger partial charge on any atom is 0.342 e. The summed E-state index contributed by atoms with van der Waals surface area (Å²) in [6.45, 7) is 3.96. The van der Waals surface area contributed by atoms with Gasteiger partial charge >= 0.3 is 5.97 Å². The third-order valence-electron chi connectivity index (χ3n) is 3.73. The maximum absolute atomic E-state index is 12.5. The van der Waals surface area contributed by atoms with Crippen molar-refractivity contribution in [2.24, 2.45) is 0 Å². The highest BCUT2D eigenvalue weighted by Crippen LogP contribution is 2.25. The highest BCUT2D eigenvalue weighted by atomic mass is 16.5. The number of ketones is 1. The molecular weight excluding hydrogens is 336 g/mol. The molecule has 0 aliphatic carbocycles. The summed E-state index contributed by atoms with van der Waals surface area (Å²) in [4.78, 5) is 24.9. The number of Topliss-reactive ketones (excluding diaryl/α,β-unsaturated/α-hetero) is 1. The van der Waals surface area contributed by atoms with Crippen LogP contribution in [0.25, 0.3) is 0 Å². The third kappa shape index (κ3) is 4.53. The van der Waals surface area contributed by atoms with E-state index in [4.69, 9.17) is 18.9 Å². The first-order valence-corrected chi connectivity index (χ1v) is 8.20. The van der Waals surface area contributed by atoms with E-state index in [0.29, 0.717) is 29.4 Å². The fourth-order valence-electron chi connectivity index (χ4n) is 2.36. The maximum atomic E-state index is 12.5. The zero-order valence-corrected chi connectivity index (χ0v) is 15.3. The van der Waals surface area contributed by atoms with Crippen molar-refractivity contribution >= 4 is 11.8 Å². The van der Waals surface area contributed by atoms with Crippen molar-refractivity contribution in [2.45, 2.75) is 20.0 Å². The summed E-state index contributed by atoms with van der Waals surface area (Å²) in [6.07, 6.45) is -0.938. The summed E-state index contributed by atoms with van der Waals surface area (Å²) >= 11 is 0. The molecule has 6 nitrogen and oxygen atoms in total. The molecular formula is C20H22O6. The second-order valence-electron chi connectivity index (χ2n) is 5.44. The Morgan fingerprint density at radius 1 is 0.962 bits per heavy atom. The van der Waals surface area contributed by atoms with E-state index in [1.807, 2.05) is 6.92 Å². The molecule has 6 heteroatoms. The molecule has 0 saturated carbocycles. The first-order valence-electron chi connectivity index (χ1n) is 8.20. The Morgan fingerprint density at radius 2 is 1.62 bits per heavy atom. The Hall–Kier alpha value is -3.02. The van der Waals surface area contributed by atoms with Gasteiger partial charge in [0.25, 0.3) is 0 Å². The highest BCUT2D eigenvalue weighted by molar-refractivity contribution is 6.02. The molecule has 2 rings (SSSR count). The van der Waals surface area contributed by atoms with Gasteiger partial charge in [0, 0.05) is 11.6 Å². The van der Waals surface area contributed by atoms with Gasteiger partial charge in [0.15, 0.2) is 6.10 Å². The van der Waals surface area contributed by atoms with Gasteiger partial charge in [-0.1, -0.05) is 0 Å². The molecule has 0 amide bonds. The summed E-state index contributed by atoms with van der Waals surface area (Å²) in [6, 6.07) is 11.4. The number of methoxy groups -OCH3 is 2. The van der Waals surface area contributed by atoms with E-state index in [-0.39, 0.29) is 11.3 Å². The number of hydrogen-bond donors (Lipinski definition) is 0. The Kier molecular flexibility index (Phi) is 6.60. The van der Waals surface area contributed by atoms with Crippen LogP contribution in [0.15, 0.2) is 42.5 Å². The van der Waals surface area contributed by atoms with Crippen molar-refractivity contribution in [1.82, 2.24) is 0 Å². The molecule has 0 N–H and O–H groups in total. The van der Waals surface area contributed by atoms with Crippen LogP contribution in [0, 0.1) is 0 Å². The van der Waals surface area contributed by atoms with E-state index in [0.717, 1.165) is 0 Å². The van der Waals surface area contributed by atoms with Crippen molar-refractivity contribution in [3.63, 3.8) is 0 Å². The number of esters is 1. The summed E-state index contributed by atoms with van der Waals surface area (Å²) < 4.78 is 20.9. The van der Waals surface area contributed by atoms with Crippen LogP contribution in [0.4, 0.5) is 0 Å². The molecule has 0 radical (unpaired) electrons. The molecule has 2 aromatic rings. The number of ether oxygens (including phenoxy) is 4. The van der Waals surface area contributed by atoms with Crippen LogP contribution in [0.5, 0.6) is 17.2 Å².